The SMILES string of the molecule is [C-]#[N+]c1ccc2c(c1)COC2(CCN(C)C)COCc1cc(-c2ccncc2)cc(C(F)(F)F)c1. The van der Waals surface area contributed by atoms with Crippen LogP contribution in [-0.2, 0) is 34.5 Å². The second kappa shape index (κ2) is 10.2. The molecule has 0 amide bonds. The van der Waals surface area contributed by atoms with Crippen LogP contribution in [0.25, 0.3) is 16.0 Å². The Morgan fingerprint density at radius 3 is 2.54 bits per heavy atom. The molecule has 182 valence electrons. The van der Waals surface area contributed by atoms with Crippen molar-refractivity contribution in [3.05, 3.63) is 94.6 Å². The third-order valence-corrected chi connectivity index (χ3v) is 6.11. The largest absolute Gasteiger partial charge is 0.416 e. The molecule has 2 aromatic carbocycles. The summed E-state index contributed by atoms with van der Waals surface area (Å²) in [6.07, 6.45) is -0.725. The summed E-state index contributed by atoms with van der Waals surface area (Å²) in [7, 11) is 3.94. The van der Waals surface area contributed by atoms with Gasteiger partial charge in [-0.2, -0.15) is 13.2 Å². The summed E-state index contributed by atoms with van der Waals surface area (Å²) in [5, 5.41) is 0. The smallest absolute Gasteiger partial charge is 0.373 e. The number of hydrogen-bond acceptors (Lipinski definition) is 4. The predicted octanol–water partition coefficient (Wildman–Crippen LogP) is 6.21. The average molecular weight is 482 g/mol. The molecule has 0 N–H and O–H groups in total. The Labute approximate surface area is 202 Å². The Balaban J connectivity index is 1.58. The molecular formula is C27H26F3N3O2. The van der Waals surface area contributed by atoms with Crippen LogP contribution in [0.4, 0.5) is 18.9 Å². The van der Waals surface area contributed by atoms with E-state index in [-0.39, 0.29) is 13.2 Å². The maximum atomic E-state index is 13.6. The Hall–Kier alpha value is -3.25. The van der Waals surface area contributed by atoms with Crippen LogP contribution in [0, 0.1) is 6.57 Å². The van der Waals surface area contributed by atoms with Crippen LogP contribution in [0.3, 0.4) is 0 Å². The molecule has 1 atom stereocenters. The van der Waals surface area contributed by atoms with Gasteiger partial charge in [0.1, 0.15) is 5.60 Å². The molecule has 0 spiro atoms. The van der Waals surface area contributed by atoms with E-state index in [0.29, 0.717) is 35.4 Å². The number of halogens is 3. The second-order valence-corrected chi connectivity index (χ2v) is 8.93. The van der Waals surface area contributed by atoms with E-state index >= 15 is 0 Å². The van der Waals surface area contributed by atoms with Gasteiger partial charge in [0.15, 0.2) is 5.69 Å². The molecular weight excluding hydrogens is 455 g/mol. The van der Waals surface area contributed by atoms with E-state index in [9.17, 15) is 13.2 Å². The molecule has 0 bridgehead atoms. The van der Waals surface area contributed by atoms with E-state index in [1.54, 1.807) is 36.7 Å². The lowest BCUT2D eigenvalue weighted by molar-refractivity contribution is -0.137. The van der Waals surface area contributed by atoms with Crippen molar-refractivity contribution in [2.24, 2.45) is 0 Å². The third-order valence-electron chi connectivity index (χ3n) is 6.11. The van der Waals surface area contributed by atoms with E-state index < -0.39 is 17.3 Å². The third kappa shape index (κ3) is 5.70. The lowest BCUT2D eigenvalue weighted by atomic mass is 9.89. The first kappa shape index (κ1) is 24.9. The maximum Gasteiger partial charge on any atom is 0.416 e. The van der Waals surface area contributed by atoms with Gasteiger partial charge in [-0.1, -0.05) is 18.2 Å². The number of hydrogen-bond donors (Lipinski definition) is 0. The normalized spacial score (nSPS) is 17.4. The number of fused-ring (bicyclic) bond motifs is 1. The fourth-order valence-electron chi connectivity index (χ4n) is 4.29. The number of ether oxygens (including phenoxy) is 2. The Kier molecular flexibility index (Phi) is 7.22. The fourth-order valence-corrected chi connectivity index (χ4v) is 4.29. The van der Waals surface area contributed by atoms with Crippen LogP contribution in [0.1, 0.15) is 28.7 Å². The molecule has 4 rings (SSSR count). The van der Waals surface area contributed by atoms with Crippen LogP contribution in [0.5, 0.6) is 0 Å². The van der Waals surface area contributed by atoms with Crippen LogP contribution in [-0.4, -0.2) is 37.1 Å². The van der Waals surface area contributed by atoms with Gasteiger partial charge in [0.25, 0.3) is 0 Å². The minimum absolute atomic E-state index is 0.00451. The van der Waals surface area contributed by atoms with E-state index in [0.717, 1.165) is 29.8 Å². The molecule has 0 saturated heterocycles. The molecule has 0 fully saturated rings. The van der Waals surface area contributed by atoms with Gasteiger partial charge < -0.3 is 14.4 Å². The highest BCUT2D eigenvalue weighted by molar-refractivity contribution is 5.65. The van der Waals surface area contributed by atoms with E-state index in [1.165, 1.54) is 0 Å². The van der Waals surface area contributed by atoms with Crippen molar-refractivity contribution in [2.45, 2.75) is 31.4 Å². The molecule has 5 nitrogen and oxygen atoms in total. The number of aromatic nitrogens is 1. The summed E-state index contributed by atoms with van der Waals surface area (Å²) >= 11 is 0. The highest BCUT2D eigenvalue weighted by Gasteiger charge is 2.40. The molecule has 35 heavy (non-hydrogen) atoms. The molecule has 0 radical (unpaired) electrons. The van der Waals surface area contributed by atoms with Gasteiger partial charge in [-0.05, 0) is 78.7 Å². The molecule has 8 heteroatoms. The van der Waals surface area contributed by atoms with Crippen molar-refractivity contribution in [3.63, 3.8) is 0 Å². The Morgan fingerprint density at radius 1 is 1.09 bits per heavy atom. The van der Waals surface area contributed by atoms with Gasteiger partial charge in [-0.3, -0.25) is 4.98 Å². The molecule has 1 aliphatic rings. The molecule has 1 aromatic heterocycles. The summed E-state index contributed by atoms with van der Waals surface area (Å²) in [6.45, 7) is 8.56. The summed E-state index contributed by atoms with van der Waals surface area (Å²) in [5.41, 5.74) is 2.54. The zero-order valence-electron chi connectivity index (χ0n) is 19.6. The van der Waals surface area contributed by atoms with Gasteiger partial charge in [-0.15, -0.1) is 0 Å². The standard InChI is InChI=1S/C27H26F3N3O2/c1-31-24-4-5-25-22(15-24)17-35-26(25,8-11-33(2)3)18-34-16-19-12-21(20-6-9-32-10-7-20)14-23(13-19)27(28,29)30/h4-7,9-10,12-15H,8,11,16-18H2,2-3H3. The fraction of sp³-hybridized carbons (Fsp3) is 0.333. The van der Waals surface area contributed by atoms with Crippen LogP contribution in [0.2, 0.25) is 0 Å². The molecule has 1 aliphatic heterocycles. The summed E-state index contributed by atoms with van der Waals surface area (Å²) in [5.74, 6) is 0. The number of rotatable bonds is 8. The van der Waals surface area contributed by atoms with Crippen molar-refractivity contribution in [1.29, 1.82) is 0 Å². The van der Waals surface area contributed by atoms with E-state index in [4.69, 9.17) is 16.0 Å². The molecule has 0 saturated carbocycles. The summed E-state index contributed by atoms with van der Waals surface area (Å²) < 4.78 is 53.0. The molecule has 0 aliphatic carbocycles. The highest BCUT2D eigenvalue weighted by atomic mass is 19.4. The summed E-state index contributed by atoms with van der Waals surface area (Å²) in [4.78, 5) is 9.48. The Bertz CT molecular complexity index is 1220. The van der Waals surface area contributed by atoms with Crippen molar-refractivity contribution in [3.8, 4) is 11.1 Å². The van der Waals surface area contributed by atoms with Crippen molar-refractivity contribution >= 4 is 5.69 Å². The van der Waals surface area contributed by atoms with Gasteiger partial charge in [-0.25, -0.2) is 4.85 Å². The van der Waals surface area contributed by atoms with E-state index in [2.05, 4.69) is 9.83 Å². The predicted molar refractivity (Wildman–Crippen MR) is 127 cm³/mol. The number of nitrogens with zero attached hydrogens (tertiary/aromatic N) is 3. The van der Waals surface area contributed by atoms with Crippen LogP contribution in [0.15, 0.2) is 60.9 Å². The Morgan fingerprint density at radius 2 is 1.86 bits per heavy atom. The van der Waals surface area contributed by atoms with Gasteiger partial charge in [0.05, 0.1) is 32.0 Å². The van der Waals surface area contributed by atoms with Gasteiger partial charge in [0, 0.05) is 18.9 Å². The number of alkyl halides is 3. The minimum atomic E-state index is -4.47. The summed E-state index contributed by atoms with van der Waals surface area (Å²) in [6, 6.07) is 12.8. The van der Waals surface area contributed by atoms with E-state index in [1.807, 2.05) is 31.1 Å². The first-order valence-electron chi connectivity index (χ1n) is 11.2. The van der Waals surface area contributed by atoms with Gasteiger partial charge >= 0.3 is 6.18 Å². The van der Waals surface area contributed by atoms with Crippen molar-refractivity contribution < 1.29 is 22.6 Å². The molecule has 2 heterocycles. The van der Waals surface area contributed by atoms with Crippen LogP contribution >= 0.6 is 0 Å². The number of benzene rings is 2. The van der Waals surface area contributed by atoms with Crippen molar-refractivity contribution in [2.75, 3.05) is 27.2 Å². The molecule has 1 unspecified atom stereocenters. The monoisotopic (exact) mass is 481 g/mol. The van der Waals surface area contributed by atoms with Gasteiger partial charge in [0.2, 0.25) is 0 Å². The van der Waals surface area contributed by atoms with Crippen molar-refractivity contribution in [1.82, 2.24) is 9.88 Å². The molecule has 3 aromatic rings. The average Bonchev–Trinajstić information content (AvgIpc) is 3.20. The lowest BCUT2D eigenvalue weighted by Gasteiger charge is -2.31. The zero-order valence-corrected chi connectivity index (χ0v) is 19.6. The first-order valence-corrected chi connectivity index (χ1v) is 11.2. The highest BCUT2D eigenvalue weighted by Crippen LogP contribution is 2.41. The second-order valence-electron chi connectivity index (χ2n) is 8.93. The lowest BCUT2D eigenvalue weighted by Crippen LogP contribution is -2.35. The first-order chi connectivity index (χ1) is 16.7. The quantitative estimate of drug-likeness (QED) is 0.359. The van der Waals surface area contributed by atoms with Crippen LogP contribution < -0.4 is 0 Å². The maximum absolute atomic E-state index is 13.6. The minimum Gasteiger partial charge on any atom is -0.373 e. The zero-order chi connectivity index (χ0) is 25.1. The number of pyridine rings is 1. The topological polar surface area (TPSA) is 39.0 Å².